The number of benzene rings is 1. The van der Waals surface area contributed by atoms with Crippen LogP contribution in [0, 0.1) is 0 Å². The summed E-state index contributed by atoms with van der Waals surface area (Å²) >= 11 is 0. The molecule has 0 saturated heterocycles. The highest BCUT2D eigenvalue weighted by Gasteiger charge is 2.12. The van der Waals surface area contributed by atoms with E-state index in [0.717, 1.165) is 0 Å². The Morgan fingerprint density at radius 1 is 1.38 bits per heavy atom. The van der Waals surface area contributed by atoms with Crippen LogP contribution in [0.25, 0.3) is 6.08 Å². The van der Waals surface area contributed by atoms with Gasteiger partial charge in [-0.1, -0.05) is 0 Å². The maximum absolute atomic E-state index is 9.64. The van der Waals surface area contributed by atoms with Gasteiger partial charge in [0.05, 0.1) is 12.2 Å². The molecule has 1 heterocycles. The molecule has 1 aromatic rings. The lowest BCUT2D eigenvalue weighted by Gasteiger charge is -2.14. The highest BCUT2D eigenvalue weighted by molar-refractivity contribution is 5.67. The third kappa shape index (κ3) is 1.27. The zero-order valence-electron chi connectivity index (χ0n) is 7.03. The number of phenols is 1. The smallest absolute Gasteiger partial charge is 0.132 e. The molecular weight excluding hydrogens is 168 g/mol. The Morgan fingerprint density at radius 2 is 2.23 bits per heavy atom. The number of aliphatic hydroxyl groups is 1. The van der Waals surface area contributed by atoms with Crippen LogP contribution < -0.4 is 4.74 Å². The zero-order chi connectivity index (χ0) is 9.26. The Balaban J connectivity index is 2.57. The van der Waals surface area contributed by atoms with E-state index in [9.17, 15) is 5.11 Å². The van der Waals surface area contributed by atoms with Gasteiger partial charge in [-0.25, -0.2) is 0 Å². The molecule has 0 bridgehead atoms. The normalized spacial score (nSPS) is 13.6. The number of aliphatic hydroxyl groups excluding tert-OH is 1. The molecule has 68 valence electrons. The van der Waals surface area contributed by atoms with E-state index in [0.29, 0.717) is 23.5 Å². The van der Waals surface area contributed by atoms with Crippen LogP contribution in [0.4, 0.5) is 0 Å². The molecule has 13 heavy (non-hydrogen) atoms. The Morgan fingerprint density at radius 3 is 3.00 bits per heavy atom. The van der Waals surface area contributed by atoms with Crippen molar-refractivity contribution in [3.63, 3.8) is 0 Å². The molecule has 0 radical (unpaired) electrons. The van der Waals surface area contributed by atoms with Crippen LogP contribution in [0.2, 0.25) is 0 Å². The fourth-order valence-electron chi connectivity index (χ4n) is 1.35. The lowest BCUT2D eigenvalue weighted by molar-refractivity contribution is 0.274. The SMILES string of the molecule is OCc1ccc2c(c1O)C=CCO2. The monoisotopic (exact) mass is 178 g/mol. The number of hydrogen-bond donors (Lipinski definition) is 2. The molecule has 0 fully saturated rings. The molecule has 0 aromatic heterocycles. The van der Waals surface area contributed by atoms with Gasteiger partial charge in [-0.2, -0.15) is 0 Å². The number of fused-ring (bicyclic) bond motifs is 1. The van der Waals surface area contributed by atoms with Crippen molar-refractivity contribution in [2.24, 2.45) is 0 Å². The molecular formula is C10H10O3. The number of hydrogen-bond acceptors (Lipinski definition) is 3. The molecule has 0 amide bonds. The standard InChI is InChI=1S/C10H10O3/c11-6-7-3-4-9-8(10(7)12)2-1-5-13-9/h1-4,11-12H,5-6H2. The Bertz CT molecular complexity index is 355. The predicted molar refractivity (Wildman–Crippen MR) is 48.6 cm³/mol. The summed E-state index contributed by atoms with van der Waals surface area (Å²) in [4.78, 5) is 0. The summed E-state index contributed by atoms with van der Waals surface area (Å²) < 4.78 is 5.28. The van der Waals surface area contributed by atoms with Gasteiger partial charge in [-0.05, 0) is 24.3 Å². The number of ether oxygens (including phenoxy) is 1. The lowest BCUT2D eigenvalue weighted by Crippen LogP contribution is -2.01. The lowest BCUT2D eigenvalue weighted by atomic mass is 10.1. The first-order valence-electron chi connectivity index (χ1n) is 4.08. The van der Waals surface area contributed by atoms with Crippen molar-refractivity contribution in [3.05, 3.63) is 29.3 Å². The Labute approximate surface area is 75.9 Å². The van der Waals surface area contributed by atoms with E-state index >= 15 is 0 Å². The van der Waals surface area contributed by atoms with Gasteiger partial charge in [-0.15, -0.1) is 0 Å². The highest BCUT2D eigenvalue weighted by atomic mass is 16.5. The average Bonchev–Trinajstić information content (AvgIpc) is 2.19. The maximum atomic E-state index is 9.64. The fraction of sp³-hybridized carbons (Fsp3) is 0.200. The number of rotatable bonds is 1. The summed E-state index contributed by atoms with van der Waals surface area (Å²) in [5.74, 6) is 0.771. The Kier molecular flexibility index (Phi) is 1.94. The van der Waals surface area contributed by atoms with E-state index in [4.69, 9.17) is 9.84 Å². The first kappa shape index (κ1) is 8.13. The molecule has 2 rings (SSSR count). The van der Waals surface area contributed by atoms with Crippen LogP contribution in [0.3, 0.4) is 0 Å². The molecule has 1 aliphatic heterocycles. The molecule has 0 spiro atoms. The predicted octanol–water partition coefficient (Wildman–Crippen LogP) is 1.29. The van der Waals surface area contributed by atoms with E-state index < -0.39 is 0 Å². The molecule has 3 nitrogen and oxygen atoms in total. The molecule has 0 aliphatic carbocycles. The molecule has 0 atom stereocenters. The summed E-state index contributed by atoms with van der Waals surface area (Å²) in [5, 5.41) is 18.5. The number of aromatic hydroxyl groups is 1. The topological polar surface area (TPSA) is 49.7 Å². The highest BCUT2D eigenvalue weighted by Crippen LogP contribution is 2.34. The van der Waals surface area contributed by atoms with Crippen LogP contribution in [0.5, 0.6) is 11.5 Å². The van der Waals surface area contributed by atoms with Gasteiger partial charge in [0.15, 0.2) is 0 Å². The second-order valence-electron chi connectivity index (χ2n) is 2.86. The van der Waals surface area contributed by atoms with Crippen molar-refractivity contribution < 1.29 is 14.9 Å². The van der Waals surface area contributed by atoms with E-state index in [2.05, 4.69) is 0 Å². The van der Waals surface area contributed by atoms with Crippen molar-refractivity contribution in [1.82, 2.24) is 0 Å². The van der Waals surface area contributed by atoms with Crippen molar-refractivity contribution in [3.8, 4) is 11.5 Å². The summed E-state index contributed by atoms with van der Waals surface area (Å²) in [6.07, 6.45) is 3.62. The molecule has 0 unspecified atom stereocenters. The van der Waals surface area contributed by atoms with Gasteiger partial charge in [0.2, 0.25) is 0 Å². The second-order valence-corrected chi connectivity index (χ2v) is 2.86. The zero-order valence-corrected chi connectivity index (χ0v) is 7.03. The van der Waals surface area contributed by atoms with E-state index in [1.165, 1.54) is 0 Å². The van der Waals surface area contributed by atoms with E-state index in [1.807, 2.05) is 6.08 Å². The van der Waals surface area contributed by atoms with Gasteiger partial charge >= 0.3 is 0 Å². The summed E-state index contributed by atoms with van der Waals surface area (Å²) in [7, 11) is 0. The minimum absolute atomic E-state index is 0.107. The molecule has 1 aromatic carbocycles. The van der Waals surface area contributed by atoms with Crippen LogP contribution >= 0.6 is 0 Å². The van der Waals surface area contributed by atoms with Crippen molar-refractivity contribution >= 4 is 6.08 Å². The summed E-state index contributed by atoms with van der Waals surface area (Å²) in [6, 6.07) is 3.41. The van der Waals surface area contributed by atoms with E-state index in [-0.39, 0.29) is 12.4 Å². The molecule has 1 aliphatic rings. The van der Waals surface area contributed by atoms with Gasteiger partial charge in [0.1, 0.15) is 18.1 Å². The second kappa shape index (κ2) is 3.11. The van der Waals surface area contributed by atoms with Crippen molar-refractivity contribution in [2.45, 2.75) is 6.61 Å². The molecule has 2 N–H and O–H groups in total. The van der Waals surface area contributed by atoms with Crippen LogP contribution in [0.1, 0.15) is 11.1 Å². The van der Waals surface area contributed by atoms with Crippen molar-refractivity contribution in [1.29, 1.82) is 0 Å². The van der Waals surface area contributed by atoms with Crippen LogP contribution in [-0.2, 0) is 6.61 Å². The average molecular weight is 178 g/mol. The summed E-state index contributed by atoms with van der Waals surface area (Å²) in [5.41, 5.74) is 1.17. The van der Waals surface area contributed by atoms with Gasteiger partial charge in [0, 0.05) is 5.56 Å². The fourth-order valence-corrected chi connectivity index (χ4v) is 1.35. The third-order valence-corrected chi connectivity index (χ3v) is 2.05. The van der Waals surface area contributed by atoms with Crippen LogP contribution in [-0.4, -0.2) is 16.8 Å². The van der Waals surface area contributed by atoms with Gasteiger partial charge < -0.3 is 14.9 Å². The van der Waals surface area contributed by atoms with Gasteiger partial charge in [-0.3, -0.25) is 0 Å². The quantitative estimate of drug-likeness (QED) is 0.681. The maximum Gasteiger partial charge on any atom is 0.132 e. The molecule has 3 heteroatoms. The Hall–Kier alpha value is -1.48. The first-order valence-corrected chi connectivity index (χ1v) is 4.08. The summed E-state index contributed by atoms with van der Waals surface area (Å²) in [6.45, 7) is 0.373. The minimum Gasteiger partial charge on any atom is -0.507 e. The van der Waals surface area contributed by atoms with Crippen molar-refractivity contribution in [2.75, 3.05) is 6.61 Å². The van der Waals surface area contributed by atoms with Gasteiger partial charge in [0.25, 0.3) is 0 Å². The van der Waals surface area contributed by atoms with Crippen LogP contribution in [0.15, 0.2) is 18.2 Å². The van der Waals surface area contributed by atoms with E-state index in [1.54, 1.807) is 18.2 Å². The largest absolute Gasteiger partial charge is 0.507 e. The molecule has 0 saturated carbocycles. The minimum atomic E-state index is -0.160. The first-order chi connectivity index (χ1) is 6.33. The third-order valence-electron chi connectivity index (χ3n) is 2.05.